The van der Waals surface area contributed by atoms with Gasteiger partial charge in [-0.25, -0.2) is 14.2 Å². The highest BCUT2D eigenvalue weighted by Crippen LogP contribution is 2.33. The summed E-state index contributed by atoms with van der Waals surface area (Å²) in [5, 5.41) is 20.5. The standard InChI is InChI=1S/C23H17FN2O6S2/c1-32-20-10-16(23(28)29)17(24)11-18(20)26-34(30,31)21-12-33-22(25-21)14-8-6-13(7-9-14)15-4-2-3-5-19(15)27/h2-12,26-27H,1H3,(H,28,29). The number of halogens is 1. The second-order valence-electron chi connectivity index (χ2n) is 7.03. The second-order valence-corrected chi connectivity index (χ2v) is 9.52. The Bertz CT molecular complexity index is 1480. The van der Waals surface area contributed by atoms with E-state index in [2.05, 4.69) is 9.71 Å². The molecule has 1 aromatic heterocycles. The van der Waals surface area contributed by atoms with Crippen molar-refractivity contribution in [3.8, 4) is 33.2 Å². The Morgan fingerprint density at radius 2 is 1.76 bits per heavy atom. The van der Waals surface area contributed by atoms with Gasteiger partial charge in [-0.05, 0) is 17.7 Å². The Hall–Kier alpha value is -3.96. The fraction of sp³-hybridized carbons (Fsp3) is 0.0435. The molecule has 8 nitrogen and oxygen atoms in total. The molecule has 4 rings (SSSR count). The first kappa shape index (κ1) is 23.2. The molecule has 34 heavy (non-hydrogen) atoms. The van der Waals surface area contributed by atoms with Crippen LogP contribution in [0, 0.1) is 5.82 Å². The lowest BCUT2D eigenvalue weighted by Gasteiger charge is -2.12. The highest BCUT2D eigenvalue weighted by Gasteiger charge is 2.23. The molecular weight excluding hydrogens is 483 g/mol. The number of carboxylic acids is 1. The Morgan fingerprint density at radius 3 is 2.41 bits per heavy atom. The minimum Gasteiger partial charge on any atom is -0.507 e. The van der Waals surface area contributed by atoms with Gasteiger partial charge in [-0.15, -0.1) is 11.3 Å². The number of nitrogens with zero attached hydrogens (tertiary/aromatic N) is 1. The van der Waals surface area contributed by atoms with Gasteiger partial charge in [-0.1, -0.05) is 42.5 Å². The van der Waals surface area contributed by atoms with Crippen molar-refractivity contribution >= 4 is 33.0 Å². The second kappa shape index (κ2) is 9.12. The van der Waals surface area contributed by atoms with Gasteiger partial charge >= 0.3 is 5.97 Å². The molecule has 0 fully saturated rings. The fourth-order valence-electron chi connectivity index (χ4n) is 3.19. The molecule has 0 aliphatic rings. The number of thiazole rings is 1. The number of rotatable bonds is 7. The van der Waals surface area contributed by atoms with Gasteiger partial charge in [-0.2, -0.15) is 8.42 Å². The lowest BCUT2D eigenvalue weighted by molar-refractivity contribution is 0.0691. The van der Waals surface area contributed by atoms with Crippen LogP contribution in [-0.2, 0) is 10.0 Å². The molecule has 174 valence electrons. The smallest absolute Gasteiger partial charge is 0.338 e. The number of nitrogens with one attached hydrogen (secondary N) is 1. The third-order valence-electron chi connectivity index (χ3n) is 4.87. The van der Waals surface area contributed by atoms with E-state index in [1.807, 2.05) is 6.07 Å². The number of phenols is 1. The number of carboxylic acid groups (broad SMARTS) is 1. The number of para-hydroxylation sites is 1. The van der Waals surface area contributed by atoms with Gasteiger partial charge in [0.05, 0.1) is 18.4 Å². The summed E-state index contributed by atoms with van der Waals surface area (Å²) in [5.74, 6) is -2.64. The van der Waals surface area contributed by atoms with Crippen LogP contribution < -0.4 is 9.46 Å². The third-order valence-corrected chi connectivity index (χ3v) is 7.16. The summed E-state index contributed by atoms with van der Waals surface area (Å²) in [6.07, 6.45) is 0. The number of hydrogen-bond acceptors (Lipinski definition) is 7. The summed E-state index contributed by atoms with van der Waals surface area (Å²) >= 11 is 1.10. The van der Waals surface area contributed by atoms with Gasteiger partial charge < -0.3 is 14.9 Å². The first-order valence-electron chi connectivity index (χ1n) is 9.67. The van der Waals surface area contributed by atoms with E-state index in [1.54, 1.807) is 42.5 Å². The van der Waals surface area contributed by atoms with E-state index in [-0.39, 0.29) is 22.2 Å². The monoisotopic (exact) mass is 500 g/mol. The van der Waals surface area contributed by atoms with E-state index >= 15 is 0 Å². The first-order valence-corrected chi connectivity index (χ1v) is 12.0. The summed E-state index contributed by atoms with van der Waals surface area (Å²) in [4.78, 5) is 15.3. The molecule has 0 aliphatic heterocycles. The fourth-order valence-corrected chi connectivity index (χ4v) is 5.35. The van der Waals surface area contributed by atoms with Crippen LogP contribution in [0.5, 0.6) is 11.5 Å². The zero-order chi connectivity index (χ0) is 24.5. The predicted octanol–water partition coefficient (Wildman–Crippen LogP) is 4.83. The van der Waals surface area contributed by atoms with E-state index in [0.29, 0.717) is 16.1 Å². The molecule has 1 heterocycles. The highest BCUT2D eigenvalue weighted by molar-refractivity contribution is 7.92. The average Bonchev–Trinajstić information content (AvgIpc) is 3.31. The molecule has 0 saturated carbocycles. The van der Waals surface area contributed by atoms with Crippen molar-refractivity contribution in [1.29, 1.82) is 0 Å². The summed E-state index contributed by atoms with van der Waals surface area (Å²) in [5.41, 5.74) is 1.21. The molecule has 0 unspecified atom stereocenters. The van der Waals surface area contributed by atoms with Crippen molar-refractivity contribution in [2.45, 2.75) is 5.03 Å². The van der Waals surface area contributed by atoms with Gasteiger partial charge in [0, 0.05) is 22.6 Å². The van der Waals surface area contributed by atoms with E-state index in [9.17, 15) is 22.7 Å². The molecule has 0 bridgehead atoms. The summed E-state index contributed by atoms with van der Waals surface area (Å²) < 4.78 is 47.0. The number of aromatic carboxylic acids is 1. The normalized spacial score (nSPS) is 11.2. The number of methoxy groups -OCH3 is 1. The van der Waals surface area contributed by atoms with Crippen LogP contribution in [-0.4, -0.2) is 36.7 Å². The number of anilines is 1. The lowest BCUT2D eigenvalue weighted by Crippen LogP contribution is -2.15. The van der Waals surface area contributed by atoms with Gasteiger partial charge in [0.15, 0.2) is 5.03 Å². The average molecular weight is 501 g/mol. The zero-order valence-corrected chi connectivity index (χ0v) is 19.2. The van der Waals surface area contributed by atoms with Crippen LogP contribution in [0.15, 0.2) is 71.1 Å². The van der Waals surface area contributed by atoms with Crippen molar-refractivity contribution in [2.24, 2.45) is 0 Å². The van der Waals surface area contributed by atoms with E-state index in [4.69, 9.17) is 9.84 Å². The van der Waals surface area contributed by atoms with Crippen LogP contribution in [0.25, 0.3) is 21.7 Å². The molecular formula is C23H17FN2O6S2. The Morgan fingerprint density at radius 1 is 1.09 bits per heavy atom. The van der Waals surface area contributed by atoms with E-state index in [0.717, 1.165) is 29.0 Å². The van der Waals surface area contributed by atoms with Crippen LogP contribution in [0.3, 0.4) is 0 Å². The molecule has 0 spiro atoms. The van der Waals surface area contributed by atoms with E-state index < -0.39 is 27.4 Å². The van der Waals surface area contributed by atoms with Gasteiger partial charge in [0.1, 0.15) is 22.3 Å². The van der Waals surface area contributed by atoms with Crippen LogP contribution in [0.4, 0.5) is 10.1 Å². The van der Waals surface area contributed by atoms with E-state index in [1.165, 1.54) is 12.5 Å². The minimum absolute atomic E-state index is 0.146. The topological polar surface area (TPSA) is 126 Å². The van der Waals surface area contributed by atoms with Crippen molar-refractivity contribution in [3.05, 3.63) is 77.4 Å². The van der Waals surface area contributed by atoms with Crippen LogP contribution in [0.2, 0.25) is 0 Å². The van der Waals surface area contributed by atoms with Crippen molar-refractivity contribution < 1.29 is 32.6 Å². The number of aromatic nitrogens is 1. The summed E-state index contributed by atoms with van der Waals surface area (Å²) in [7, 11) is -3.01. The molecule has 0 saturated heterocycles. The highest BCUT2D eigenvalue weighted by atomic mass is 32.2. The van der Waals surface area contributed by atoms with Gasteiger partial charge in [-0.3, -0.25) is 4.72 Å². The number of phenolic OH excluding ortho intramolecular Hbond substituents is 1. The Kier molecular flexibility index (Phi) is 6.22. The summed E-state index contributed by atoms with van der Waals surface area (Å²) in [6.45, 7) is 0. The zero-order valence-electron chi connectivity index (χ0n) is 17.5. The summed E-state index contributed by atoms with van der Waals surface area (Å²) in [6, 6.07) is 15.6. The molecule has 0 aliphatic carbocycles. The molecule has 3 aromatic carbocycles. The van der Waals surface area contributed by atoms with Crippen molar-refractivity contribution in [1.82, 2.24) is 4.98 Å². The number of sulfonamides is 1. The quantitative estimate of drug-likeness (QED) is 0.332. The Balaban J connectivity index is 1.60. The predicted molar refractivity (Wildman–Crippen MR) is 125 cm³/mol. The van der Waals surface area contributed by atoms with Crippen LogP contribution in [0.1, 0.15) is 10.4 Å². The first-order chi connectivity index (χ1) is 16.2. The third kappa shape index (κ3) is 4.56. The Labute approximate surface area is 198 Å². The molecule has 3 N–H and O–H groups in total. The largest absolute Gasteiger partial charge is 0.507 e. The number of ether oxygens (including phenoxy) is 1. The van der Waals surface area contributed by atoms with Crippen molar-refractivity contribution in [2.75, 3.05) is 11.8 Å². The molecule has 0 radical (unpaired) electrons. The maximum atomic E-state index is 14.1. The van der Waals surface area contributed by atoms with Crippen LogP contribution >= 0.6 is 11.3 Å². The number of benzene rings is 3. The maximum Gasteiger partial charge on any atom is 0.338 e. The maximum absolute atomic E-state index is 14.1. The number of hydrogen-bond donors (Lipinski definition) is 3. The lowest BCUT2D eigenvalue weighted by atomic mass is 10.0. The number of carbonyl (C=O) groups is 1. The minimum atomic E-state index is -4.22. The SMILES string of the molecule is COc1cc(C(=O)O)c(F)cc1NS(=O)(=O)c1csc(-c2ccc(-c3ccccc3O)cc2)n1. The molecule has 0 amide bonds. The van der Waals surface area contributed by atoms with Gasteiger partial charge in [0.2, 0.25) is 0 Å². The molecule has 0 atom stereocenters. The number of aromatic hydroxyl groups is 1. The van der Waals surface area contributed by atoms with Crippen molar-refractivity contribution in [3.63, 3.8) is 0 Å². The van der Waals surface area contributed by atoms with Gasteiger partial charge in [0.25, 0.3) is 10.0 Å². The molecule has 4 aromatic rings. The molecule has 11 heteroatoms.